The molecule has 3 aliphatic rings. The topological polar surface area (TPSA) is 211 Å². The van der Waals surface area contributed by atoms with E-state index in [1.54, 1.807) is 36.5 Å². The lowest BCUT2D eigenvalue weighted by molar-refractivity contribution is -0.137. The van der Waals surface area contributed by atoms with E-state index in [2.05, 4.69) is 31.6 Å². The first kappa shape index (κ1) is 47.4. The Bertz CT molecular complexity index is 2300. The number of ether oxygens (including phenoxy) is 4. The van der Waals surface area contributed by atoms with Crippen LogP contribution in [0, 0.1) is 11.2 Å². The maximum absolute atomic E-state index is 14.6. The van der Waals surface area contributed by atoms with Crippen molar-refractivity contribution in [2.24, 2.45) is 5.41 Å². The summed E-state index contributed by atoms with van der Waals surface area (Å²) in [7, 11) is 0. The zero-order valence-corrected chi connectivity index (χ0v) is 37.3. The van der Waals surface area contributed by atoms with Gasteiger partial charge in [-0.15, -0.1) is 11.3 Å². The van der Waals surface area contributed by atoms with Crippen molar-refractivity contribution < 1.29 is 47.3 Å². The quantitative estimate of drug-likeness (QED) is 0.0502. The summed E-state index contributed by atoms with van der Waals surface area (Å²) in [6.07, 6.45) is 4.36. The monoisotopic (exact) mass is 934 g/mol. The lowest BCUT2D eigenvalue weighted by Crippen LogP contribution is -2.52. The summed E-state index contributed by atoms with van der Waals surface area (Å²) in [6, 6.07) is 14.6. The molecule has 4 aromatic rings. The van der Waals surface area contributed by atoms with E-state index in [1.807, 2.05) is 23.6 Å². The number of hydrogen-bond donors (Lipinski definition) is 5. The molecule has 17 nitrogen and oxygen atoms in total. The fourth-order valence-electron chi connectivity index (χ4n) is 8.10. The number of imide groups is 1. The summed E-state index contributed by atoms with van der Waals surface area (Å²) in [5, 5.41) is 17.0. The predicted octanol–water partition coefficient (Wildman–Crippen LogP) is 4.78. The fraction of sp³-hybridized carbons (Fsp3) is 0.444. The molecule has 65 heavy (non-hydrogen) atoms. The normalized spacial score (nSPS) is 19.4. The molecular weight excluding hydrogens is 883 g/mol. The van der Waals surface area contributed by atoms with E-state index >= 15 is 0 Å². The van der Waals surface area contributed by atoms with Crippen LogP contribution in [-0.2, 0) is 46.4 Å². The minimum atomic E-state index is -0.763. The second-order valence-corrected chi connectivity index (χ2v) is 17.2. The predicted molar refractivity (Wildman–Crippen MR) is 240 cm³/mol. The van der Waals surface area contributed by atoms with Gasteiger partial charge in [0.25, 0.3) is 5.91 Å². The van der Waals surface area contributed by atoms with E-state index in [0.717, 1.165) is 10.8 Å². The maximum atomic E-state index is 14.6. The summed E-state index contributed by atoms with van der Waals surface area (Å²) >= 11 is 7.44. The Labute approximate surface area is 384 Å². The number of carbonyl (C=O) groups is 5. The van der Waals surface area contributed by atoms with Crippen LogP contribution in [0.1, 0.15) is 60.1 Å². The third-order valence-electron chi connectivity index (χ3n) is 11.4. The number of anilines is 3. The van der Waals surface area contributed by atoms with E-state index < -0.39 is 23.2 Å². The Morgan fingerprint density at radius 1 is 0.923 bits per heavy atom. The van der Waals surface area contributed by atoms with Crippen LogP contribution in [0.5, 0.6) is 5.75 Å². The van der Waals surface area contributed by atoms with Crippen LogP contribution < -0.4 is 31.3 Å². The smallest absolute Gasteiger partial charge is 0.255 e. The molecule has 1 saturated carbocycles. The van der Waals surface area contributed by atoms with Gasteiger partial charge in [0.05, 0.1) is 62.7 Å². The second-order valence-electron chi connectivity index (χ2n) is 15.9. The molecule has 1 saturated heterocycles. The number of nitrogens with zero attached hydrogens (tertiary/aromatic N) is 3. The van der Waals surface area contributed by atoms with Gasteiger partial charge in [-0.25, -0.2) is 14.4 Å². The van der Waals surface area contributed by atoms with Crippen LogP contribution in [0.2, 0.25) is 5.02 Å². The Kier molecular flexibility index (Phi) is 16.8. The number of aromatic nitrogens is 2. The zero-order chi connectivity index (χ0) is 45.6. The number of amides is 5. The summed E-state index contributed by atoms with van der Waals surface area (Å²) in [6.45, 7) is 2.90. The minimum absolute atomic E-state index is 0.00557. The zero-order valence-electron chi connectivity index (χ0n) is 35.7. The van der Waals surface area contributed by atoms with Crippen LogP contribution in [0.4, 0.5) is 21.0 Å². The Morgan fingerprint density at radius 3 is 2.42 bits per heavy atom. The number of piperidine rings is 1. The Hall–Kier alpha value is -5.57. The summed E-state index contributed by atoms with van der Waals surface area (Å²) in [5.74, 6) is -1.42. The summed E-state index contributed by atoms with van der Waals surface area (Å²) in [4.78, 5) is 74.1. The SMILES string of the molecule is O=C1CCC(N2Cc3c(NC(=O)CNCCOCCOCCOCCNC(=O)C4(Cc5cccc(Nc6nccs6)n5)CCC(Oc5cccc(Cl)c5F)CC4)cccc3C2=O)C(=O)N1. The van der Waals surface area contributed by atoms with E-state index in [-0.39, 0.29) is 73.0 Å². The molecule has 0 spiro atoms. The average Bonchev–Trinajstić information content (AvgIpc) is 3.93. The standard InChI is InChI=1S/C45H52ClFN8O9S/c46-33-6-3-8-36(40(33)47)64-30-12-14-45(15-13-30,26-29-4-1-9-37(51-29)53-44-50-18-25-65-44)43(60)49-17-20-62-22-24-63-23-21-61-19-16-48-27-39(57)52-34-7-2-5-31-32(34)28-55(42(31)59)35-10-11-38(56)54-41(35)58/h1-9,18,25,30,35,48H,10-17,19-24,26-28H2,(H,49,60)(H,52,57)(H,50,51,53)(H,54,56,58). The van der Waals surface area contributed by atoms with Crippen molar-refractivity contribution in [3.8, 4) is 5.75 Å². The number of hydrogen-bond acceptors (Lipinski definition) is 14. The van der Waals surface area contributed by atoms with Gasteiger partial charge in [-0.1, -0.05) is 29.8 Å². The molecule has 4 heterocycles. The van der Waals surface area contributed by atoms with Gasteiger partial charge in [-0.05, 0) is 68.5 Å². The van der Waals surface area contributed by atoms with Gasteiger partial charge in [0.15, 0.2) is 16.7 Å². The van der Waals surface area contributed by atoms with Crippen LogP contribution >= 0.6 is 22.9 Å². The molecule has 7 rings (SSSR count). The maximum Gasteiger partial charge on any atom is 0.255 e. The van der Waals surface area contributed by atoms with Gasteiger partial charge in [0.1, 0.15) is 11.9 Å². The third-order valence-corrected chi connectivity index (χ3v) is 12.4. The van der Waals surface area contributed by atoms with E-state index in [9.17, 15) is 28.4 Å². The molecule has 2 fully saturated rings. The number of fused-ring (bicyclic) bond motifs is 1. The summed E-state index contributed by atoms with van der Waals surface area (Å²) < 4.78 is 37.6. The first-order valence-electron chi connectivity index (χ1n) is 21.6. The van der Waals surface area contributed by atoms with Gasteiger partial charge >= 0.3 is 0 Å². The molecule has 5 N–H and O–H groups in total. The molecule has 2 aromatic carbocycles. The van der Waals surface area contributed by atoms with Crippen molar-refractivity contribution in [1.29, 1.82) is 0 Å². The number of nitrogens with one attached hydrogen (secondary N) is 5. The molecular formula is C45H52ClFN8O9S. The van der Waals surface area contributed by atoms with E-state index in [4.69, 9.17) is 35.5 Å². The molecule has 0 bridgehead atoms. The molecule has 2 aliphatic heterocycles. The van der Waals surface area contributed by atoms with Crippen molar-refractivity contribution in [3.05, 3.63) is 93.8 Å². The highest BCUT2D eigenvalue weighted by atomic mass is 35.5. The van der Waals surface area contributed by atoms with Crippen molar-refractivity contribution in [1.82, 2.24) is 30.8 Å². The van der Waals surface area contributed by atoms with E-state index in [1.165, 1.54) is 22.3 Å². The number of benzene rings is 2. The van der Waals surface area contributed by atoms with Gasteiger partial charge in [0.2, 0.25) is 23.6 Å². The molecule has 2 aromatic heterocycles. The lowest BCUT2D eigenvalue weighted by Gasteiger charge is -2.39. The van der Waals surface area contributed by atoms with Gasteiger partial charge < -0.3 is 45.1 Å². The fourth-order valence-corrected chi connectivity index (χ4v) is 8.80. The second kappa shape index (κ2) is 23.1. The lowest BCUT2D eigenvalue weighted by atomic mass is 9.69. The van der Waals surface area contributed by atoms with Crippen LogP contribution in [-0.4, -0.2) is 116 Å². The number of halogens is 2. The van der Waals surface area contributed by atoms with Crippen molar-refractivity contribution >= 4 is 69.1 Å². The number of rotatable bonds is 23. The van der Waals surface area contributed by atoms with Crippen molar-refractivity contribution in [3.63, 3.8) is 0 Å². The molecule has 20 heteroatoms. The van der Waals surface area contributed by atoms with Gasteiger partial charge in [-0.3, -0.25) is 29.3 Å². The largest absolute Gasteiger partial charge is 0.487 e. The molecule has 1 atom stereocenters. The van der Waals surface area contributed by atoms with E-state index in [0.29, 0.717) is 101 Å². The number of carbonyl (C=O) groups excluding carboxylic acids is 5. The molecule has 0 radical (unpaired) electrons. The van der Waals surface area contributed by atoms with Crippen molar-refractivity contribution in [2.45, 2.75) is 63.6 Å². The minimum Gasteiger partial charge on any atom is -0.487 e. The molecule has 346 valence electrons. The summed E-state index contributed by atoms with van der Waals surface area (Å²) in [5.41, 5.74) is 1.54. The van der Waals surface area contributed by atoms with Crippen LogP contribution in [0.15, 0.2) is 66.2 Å². The van der Waals surface area contributed by atoms with Crippen LogP contribution in [0.3, 0.4) is 0 Å². The molecule has 1 aliphatic carbocycles. The molecule has 5 amide bonds. The van der Waals surface area contributed by atoms with Gasteiger partial charge in [0, 0.05) is 66.6 Å². The Balaban J connectivity index is 0.758. The highest BCUT2D eigenvalue weighted by Gasteiger charge is 2.43. The highest BCUT2D eigenvalue weighted by Crippen LogP contribution is 2.41. The highest BCUT2D eigenvalue weighted by molar-refractivity contribution is 7.13. The number of pyridine rings is 1. The van der Waals surface area contributed by atoms with Crippen molar-refractivity contribution in [2.75, 3.05) is 69.9 Å². The van der Waals surface area contributed by atoms with Gasteiger partial charge in [-0.2, -0.15) is 0 Å². The number of thiazole rings is 1. The average molecular weight is 935 g/mol. The molecule has 1 unspecified atom stereocenters. The van der Waals surface area contributed by atoms with Crippen LogP contribution in [0.25, 0.3) is 0 Å². The Morgan fingerprint density at radius 2 is 1.66 bits per heavy atom. The first-order valence-corrected chi connectivity index (χ1v) is 22.9. The third kappa shape index (κ3) is 12.8. The first-order chi connectivity index (χ1) is 31.6.